The monoisotopic (exact) mass is 422 g/mol. The van der Waals surface area contributed by atoms with Crippen LogP contribution in [0.5, 0.6) is 0 Å². The van der Waals surface area contributed by atoms with Gasteiger partial charge in [0.15, 0.2) is 9.76 Å². The molecule has 0 aromatic carbocycles. The fraction of sp³-hybridized carbons (Fsp3) is 1.00. The second-order valence-electron chi connectivity index (χ2n) is 4.80. The molecule has 0 unspecified atom stereocenters. The molecule has 0 aromatic heterocycles. The van der Waals surface area contributed by atoms with Crippen molar-refractivity contribution < 1.29 is 61.5 Å². The smallest absolute Gasteiger partial charge is 0.424 e. The molecule has 25 heavy (non-hydrogen) atoms. The molecule has 15 heteroatoms. The first-order chi connectivity index (χ1) is 10.8. The van der Waals surface area contributed by atoms with Crippen molar-refractivity contribution in [3.05, 3.63) is 0 Å². The summed E-state index contributed by atoms with van der Waals surface area (Å²) in [5.41, 5.74) is 0. The fourth-order valence-electron chi connectivity index (χ4n) is 1.50. The minimum Gasteiger partial charge on any atom is -0.424 e. The maximum atomic E-state index is 13.2. The molecule has 152 valence electrons. The van der Waals surface area contributed by atoms with E-state index in [1.165, 1.54) is 6.92 Å². The molecule has 0 radical (unpaired) electrons. The van der Waals surface area contributed by atoms with Crippen LogP contribution in [-0.4, -0.2) is 52.2 Å². The molecule has 0 aliphatic carbocycles. The Labute approximate surface area is 134 Å². The summed E-state index contributed by atoms with van der Waals surface area (Å²) in [5, 5.41) is 0. The molecule has 0 amide bonds. The number of hydrogen-bond donors (Lipinski definition) is 0. The van der Waals surface area contributed by atoms with Crippen molar-refractivity contribution >= 4 is 9.76 Å². The zero-order chi connectivity index (χ0) is 20.5. The van der Waals surface area contributed by atoms with Gasteiger partial charge in [-0.3, -0.25) is 0 Å². The zero-order valence-corrected chi connectivity index (χ0v) is 13.6. The van der Waals surface area contributed by atoms with Crippen molar-refractivity contribution in [1.29, 1.82) is 0 Å². The predicted molar refractivity (Wildman–Crippen MR) is 60.4 cm³/mol. The van der Waals surface area contributed by atoms with E-state index < -0.39 is 58.0 Å². The van der Waals surface area contributed by atoms with Gasteiger partial charge in [-0.15, -0.1) is 0 Å². The number of hydrogen-bond acceptors (Lipinski definition) is 1. The van der Waals surface area contributed by atoms with Crippen LogP contribution in [0.3, 0.4) is 0 Å². The first-order valence-electron chi connectivity index (χ1n) is 6.34. The molecule has 1 nitrogen and oxygen atoms in total. The fourth-order valence-corrected chi connectivity index (χ4v) is 2.58. The van der Waals surface area contributed by atoms with Crippen molar-refractivity contribution in [3.63, 3.8) is 0 Å². The summed E-state index contributed by atoms with van der Waals surface area (Å²) in [6.45, 7) is 1.33. The number of rotatable bonds is 9. The third-order valence-electron chi connectivity index (χ3n) is 2.98. The molecule has 0 atom stereocenters. The van der Waals surface area contributed by atoms with Crippen LogP contribution in [0.15, 0.2) is 0 Å². The van der Waals surface area contributed by atoms with Gasteiger partial charge in [-0.25, -0.2) is 0 Å². The van der Waals surface area contributed by atoms with E-state index in [-0.39, 0.29) is 6.61 Å². The van der Waals surface area contributed by atoms with Crippen LogP contribution in [0.1, 0.15) is 13.3 Å². The Morgan fingerprint density at radius 1 is 0.640 bits per heavy atom. The van der Waals surface area contributed by atoms with E-state index in [0.29, 0.717) is 0 Å². The molecule has 0 aliphatic rings. The number of halogens is 13. The molecule has 0 aromatic rings. The topological polar surface area (TPSA) is 9.23 Å². The summed E-state index contributed by atoms with van der Waals surface area (Å²) in [7, 11) is -1.93. The third kappa shape index (κ3) is 4.00. The summed E-state index contributed by atoms with van der Waals surface area (Å²) >= 11 is 0. The van der Waals surface area contributed by atoms with Crippen molar-refractivity contribution in [2.45, 2.75) is 55.2 Å². The maximum Gasteiger partial charge on any atom is 0.460 e. The van der Waals surface area contributed by atoms with Gasteiger partial charge in [0, 0.05) is 13.0 Å². The van der Waals surface area contributed by atoms with E-state index in [9.17, 15) is 57.1 Å². The summed E-state index contributed by atoms with van der Waals surface area (Å²) in [6, 6.07) is -0.937. The summed E-state index contributed by atoms with van der Waals surface area (Å²) < 4.78 is 170. The molecule has 0 heterocycles. The number of alkyl halides is 13. The molecule has 0 saturated heterocycles. The molecule has 0 saturated carbocycles. The Morgan fingerprint density at radius 2 is 1.04 bits per heavy atom. The summed E-state index contributed by atoms with van der Waals surface area (Å²) in [5.74, 6) is -36.4. The molecule has 0 spiro atoms. The van der Waals surface area contributed by atoms with Crippen LogP contribution >= 0.6 is 0 Å². The Balaban J connectivity index is 5.79. The SMILES string of the molecule is CCO[SiH2]CCC(F)(F)C(F)(F)C(F)(F)C(F)(F)C(F)(F)C(F)(F)F. The van der Waals surface area contributed by atoms with Gasteiger partial charge in [0.1, 0.15) is 0 Å². The molecule has 0 fully saturated rings. The quantitative estimate of drug-likeness (QED) is 0.299. The van der Waals surface area contributed by atoms with Gasteiger partial charge >= 0.3 is 35.8 Å². The lowest BCUT2D eigenvalue weighted by Crippen LogP contribution is -2.70. The van der Waals surface area contributed by atoms with Gasteiger partial charge in [-0.2, -0.15) is 57.1 Å². The predicted octanol–water partition coefficient (Wildman–Crippen LogP) is 4.65. The second kappa shape index (κ2) is 7.11. The maximum absolute atomic E-state index is 13.2. The lowest BCUT2D eigenvalue weighted by Gasteiger charge is -2.39. The Morgan fingerprint density at radius 3 is 1.40 bits per heavy atom. The molecule has 0 aliphatic heterocycles. The highest BCUT2D eigenvalue weighted by Crippen LogP contribution is 2.60. The van der Waals surface area contributed by atoms with E-state index in [1.54, 1.807) is 0 Å². The first-order valence-corrected chi connectivity index (χ1v) is 7.92. The lowest BCUT2D eigenvalue weighted by molar-refractivity contribution is -0.439. The van der Waals surface area contributed by atoms with Crippen molar-refractivity contribution in [3.8, 4) is 0 Å². The highest BCUT2D eigenvalue weighted by Gasteiger charge is 2.90. The van der Waals surface area contributed by atoms with E-state index in [0.717, 1.165) is 0 Å². The van der Waals surface area contributed by atoms with Crippen LogP contribution in [0, 0.1) is 0 Å². The molecule has 0 rings (SSSR count). The average Bonchev–Trinajstić information content (AvgIpc) is 2.41. The van der Waals surface area contributed by atoms with Gasteiger partial charge in [0.2, 0.25) is 0 Å². The van der Waals surface area contributed by atoms with Crippen molar-refractivity contribution in [2.75, 3.05) is 6.61 Å². The van der Waals surface area contributed by atoms with Crippen LogP contribution in [-0.2, 0) is 4.43 Å². The Bertz CT molecular complexity index is 445. The first kappa shape index (κ1) is 24.3. The third-order valence-corrected chi connectivity index (χ3v) is 4.32. The second-order valence-corrected chi connectivity index (χ2v) is 6.32. The van der Waals surface area contributed by atoms with Gasteiger partial charge in [-0.1, -0.05) is 0 Å². The zero-order valence-electron chi connectivity index (χ0n) is 12.2. The standard InChI is InChI=1S/C10H11F13OSi/c1-2-24-25-4-3-5(11,12)6(13,14)7(15,16)8(17,18)9(19,20)10(21,22)23/h2-4,25H2,1H3. The van der Waals surface area contributed by atoms with E-state index in [4.69, 9.17) is 0 Å². The molecule has 0 bridgehead atoms. The van der Waals surface area contributed by atoms with Gasteiger partial charge in [0.05, 0.1) is 0 Å². The summed E-state index contributed by atoms with van der Waals surface area (Å²) in [6.07, 6.45) is -9.54. The largest absolute Gasteiger partial charge is 0.460 e. The average molecular weight is 422 g/mol. The van der Waals surface area contributed by atoms with E-state index in [1.807, 2.05) is 0 Å². The normalized spacial score (nSPS) is 16.1. The van der Waals surface area contributed by atoms with Crippen molar-refractivity contribution in [1.82, 2.24) is 0 Å². The van der Waals surface area contributed by atoms with Crippen LogP contribution in [0.2, 0.25) is 6.04 Å². The minimum atomic E-state index is -7.83. The lowest BCUT2D eigenvalue weighted by atomic mass is 9.93. The van der Waals surface area contributed by atoms with E-state index >= 15 is 0 Å². The highest BCUT2D eigenvalue weighted by atomic mass is 28.2. The van der Waals surface area contributed by atoms with Crippen LogP contribution in [0.25, 0.3) is 0 Å². The highest BCUT2D eigenvalue weighted by molar-refractivity contribution is 6.27. The van der Waals surface area contributed by atoms with Crippen LogP contribution in [0.4, 0.5) is 57.1 Å². The van der Waals surface area contributed by atoms with Crippen LogP contribution < -0.4 is 0 Å². The van der Waals surface area contributed by atoms with E-state index in [2.05, 4.69) is 4.43 Å². The molecular formula is C10H11F13OSi. The summed E-state index contributed by atoms with van der Waals surface area (Å²) in [4.78, 5) is 0. The minimum absolute atomic E-state index is 0.0414. The van der Waals surface area contributed by atoms with Gasteiger partial charge in [-0.05, 0) is 13.0 Å². The van der Waals surface area contributed by atoms with Crippen molar-refractivity contribution in [2.24, 2.45) is 0 Å². The Kier molecular flexibility index (Phi) is 6.91. The molecule has 0 N–H and O–H groups in total. The Hall–Kier alpha value is -0.733. The van der Waals surface area contributed by atoms with Gasteiger partial charge in [0.25, 0.3) is 0 Å². The molecular weight excluding hydrogens is 411 g/mol. The van der Waals surface area contributed by atoms with Gasteiger partial charge < -0.3 is 4.43 Å².